The molecule has 1 aromatic heterocycles. The Labute approximate surface area is 263 Å². The van der Waals surface area contributed by atoms with Gasteiger partial charge in [0.15, 0.2) is 16.3 Å². The Morgan fingerprint density at radius 3 is 2.44 bits per heavy atom. The summed E-state index contributed by atoms with van der Waals surface area (Å²) in [6, 6.07) is 17.4. The maximum atomic E-state index is 14.1. The van der Waals surface area contributed by atoms with Crippen molar-refractivity contribution >= 4 is 57.6 Å². The summed E-state index contributed by atoms with van der Waals surface area (Å²) >= 11 is 3.21. The summed E-state index contributed by atoms with van der Waals surface area (Å²) in [4.78, 5) is 44.4. The van der Waals surface area contributed by atoms with Crippen molar-refractivity contribution in [1.29, 1.82) is 0 Å². The SMILES string of the molecule is CCOC(=O)C1=C(c2ccccc2)N=c2s/c(=C\c3cc(I)c(OC(C)=O)c(OCC)c3)c(=O)n2[C@@H]1c1ccc(F)cc1. The van der Waals surface area contributed by atoms with Crippen LogP contribution in [-0.2, 0) is 14.3 Å². The van der Waals surface area contributed by atoms with E-state index in [1.165, 1.54) is 23.6 Å². The second-order valence-corrected chi connectivity index (χ2v) is 11.5. The first-order chi connectivity index (χ1) is 20.7. The van der Waals surface area contributed by atoms with Gasteiger partial charge in [-0.1, -0.05) is 53.8 Å². The Hall–Kier alpha value is -4.10. The summed E-state index contributed by atoms with van der Waals surface area (Å²) in [6.45, 7) is 5.29. The molecule has 1 aliphatic rings. The van der Waals surface area contributed by atoms with Gasteiger partial charge in [-0.25, -0.2) is 14.2 Å². The van der Waals surface area contributed by atoms with E-state index in [9.17, 15) is 18.8 Å². The number of benzene rings is 3. The highest BCUT2D eigenvalue weighted by atomic mass is 127. The molecule has 0 spiro atoms. The van der Waals surface area contributed by atoms with Crippen molar-refractivity contribution < 1.29 is 28.2 Å². The first kappa shape index (κ1) is 30.4. The summed E-state index contributed by atoms with van der Waals surface area (Å²) in [6.07, 6.45) is 1.70. The minimum atomic E-state index is -0.918. The van der Waals surface area contributed by atoms with E-state index in [-0.39, 0.29) is 17.7 Å². The molecule has 0 radical (unpaired) electrons. The van der Waals surface area contributed by atoms with Gasteiger partial charge in [-0.3, -0.25) is 14.2 Å². The van der Waals surface area contributed by atoms with Gasteiger partial charge < -0.3 is 14.2 Å². The fourth-order valence-electron chi connectivity index (χ4n) is 4.73. The number of thiazole rings is 1. The molecule has 0 amide bonds. The Bertz CT molecular complexity index is 1920. The monoisotopic (exact) mass is 712 g/mol. The van der Waals surface area contributed by atoms with E-state index >= 15 is 0 Å². The number of hydrogen-bond acceptors (Lipinski definition) is 8. The highest BCUT2D eigenvalue weighted by Crippen LogP contribution is 2.36. The third-order valence-electron chi connectivity index (χ3n) is 6.43. The molecule has 0 saturated heterocycles. The van der Waals surface area contributed by atoms with Gasteiger partial charge in [0.25, 0.3) is 5.56 Å². The van der Waals surface area contributed by atoms with Gasteiger partial charge in [0.2, 0.25) is 0 Å². The molecule has 3 aromatic carbocycles. The Kier molecular flexibility index (Phi) is 9.21. The van der Waals surface area contributed by atoms with E-state index in [2.05, 4.69) is 0 Å². The first-order valence-electron chi connectivity index (χ1n) is 13.4. The van der Waals surface area contributed by atoms with Crippen molar-refractivity contribution in [3.63, 3.8) is 0 Å². The molecule has 43 heavy (non-hydrogen) atoms. The molecule has 1 aliphatic heterocycles. The van der Waals surface area contributed by atoms with Gasteiger partial charge in [0.05, 0.1) is 38.6 Å². The average Bonchev–Trinajstić information content (AvgIpc) is 3.29. The molecule has 0 bridgehead atoms. The molecular weight excluding hydrogens is 686 g/mol. The maximum Gasteiger partial charge on any atom is 0.338 e. The van der Waals surface area contributed by atoms with Crippen LogP contribution in [0.4, 0.5) is 4.39 Å². The van der Waals surface area contributed by atoms with Crippen LogP contribution in [0.25, 0.3) is 11.8 Å². The zero-order chi connectivity index (χ0) is 30.7. The van der Waals surface area contributed by atoms with Crippen LogP contribution in [-0.4, -0.2) is 29.7 Å². The van der Waals surface area contributed by atoms with Crippen LogP contribution in [0.5, 0.6) is 11.5 Å². The lowest BCUT2D eigenvalue weighted by Crippen LogP contribution is -2.40. The van der Waals surface area contributed by atoms with E-state index in [0.717, 1.165) is 11.3 Å². The van der Waals surface area contributed by atoms with Crippen LogP contribution in [0.15, 0.2) is 82.1 Å². The first-order valence-corrected chi connectivity index (χ1v) is 15.3. The summed E-state index contributed by atoms with van der Waals surface area (Å²) in [5, 5.41) is 0. The smallest absolute Gasteiger partial charge is 0.338 e. The molecule has 0 N–H and O–H groups in total. The molecule has 8 nitrogen and oxygen atoms in total. The van der Waals surface area contributed by atoms with E-state index in [0.29, 0.717) is 53.4 Å². The van der Waals surface area contributed by atoms with E-state index in [1.807, 2.05) is 59.8 Å². The number of nitrogens with zero attached hydrogens (tertiary/aromatic N) is 2. The van der Waals surface area contributed by atoms with Crippen molar-refractivity contribution in [3.05, 3.63) is 118 Å². The third-order valence-corrected chi connectivity index (χ3v) is 8.22. The number of hydrogen-bond donors (Lipinski definition) is 0. The van der Waals surface area contributed by atoms with Crippen molar-refractivity contribution in [2.45, 2.75) is 26.8 Å². The van der Waals surface area contributed by atoms with Crippen LogP contribution in [0.2, 0.25) is 0 Å². The van der Waals surface area contributed by atoms with E-state index in [1.54, 1.807) is 37.3 Å². The average molecular weight is 713 g/mol. The lowest BCUT2D eigenvalue weighted by molar-refractivity contribution is -0.139. The molecule has 0 fully saturated rings. The van der Waals surface area contributed by atoms with Gasteiger partial charge >= 0.3 is 11.9 Å². The number of fused-ring (bicyclic) bond motifs is 1. The molecule has 0 unspecified atom stereocenters. The van der Waals surface area contributed by atoms with Crippen LogP contribution < -0.4 is 24.4 Å². The standard InChI is InChI=1S/C32H26FIN2O6S/c1-4-40-24-16-19(15-23(34)29(24)42-18(3)37)17-25-30(38)36-28(21-11-13-22(33)14-12-21)26(31(39)41-5-2)27(35-32(36)43-25)20-9-7-6-8-10-20/h6-17,28H,4-5H2,1-3H3/b25-17-/t28-/m1/s1. The molecule has 1 atom stereocenters. The van der Waals surface area contributed by atoms with Crippen molar-refractivity contribution in [2.24, 2.45) is 4.99 Å². The summed E-state index contributed by atoms with van der Waals surface area (Å²) in [5.41, 5.74) is 2.01. The number of halogens is 2. The van der Waals surface area contributed by atoms with Crippen molar-refractivity contribution in [2.75, 3.05) is 13.2 Å². The highest BCUT2D eigenvalue weighted by molar-refractivity contribution is 14.1. The molecular formula is C32H26FIN2O6S. The zero-order valence-corrected chi connectivity index (χ0v) is 26.4. The number of rotatable bonds is 8. The number of ether oxygens (including phenoxy) is 3. The minimum Gasteiger partial charge on any atom is -0.490 e. The number of esters is 2. The van der Waals surface area contributed by atoms with E-state index in [4.69, 9.17) is 19.2 Å². The predicted octanol–water partition coefficient (Wildman–Crippen LogP) is 5.00. The summed E-state index contributed by atoms with van der Waals surface area (Å²) < 4.78 is 32.9. The van der Waals surface area contributed by atoms with E-state index < -0.39 is 23.8 Å². The van der Waals surface area contributed by atoms with Crippen LogP contribution in [0.1, 0.15) is 43.5 Å². The minimum absolute atomic E-state index is 0.120. The predicted molar refractivity (Wildman–Crippen MR) is 169 cm³/mol. The molecule has 4 aromatic rings. The van der Waals surface area contributed by atoms with Gasteiger partial charge in [0, 0.05) is 12.5 Å². The molecule has 0 saturated carbocycles. The third kappa shape index (κ3) is 6.32. The lowest BCUT2D eigenvalue weighted by Gasteiger charge is -2.25. The highest BCUT2D eigenvalue weighted by Gasteiger charge is 2.35. The number of carbonyl (C=O) groups excluding carboxylic acids is 2. The molecule has 2 heterocycles. The lowest BCUT2D eigenvalue weighted by atomic mass is 9.93. The molecule has 220 valence electrons. The Morgan fingerprint density at radius 1 is 1.07 bits per heavy atom. The number of aromatic nitrogens is 1. The van der Waals surface area contributed by atoms with Gasteiger partial charge in [-0.15, -0.1) is 0 Å². The van der Waals surface area contributed by atoms with Crippen molar-refractivity contribution in [1.82, 2.24) is 4.57 Å². The number of carbonyl (C=O) groups is 2. The van der Waals surface area contributed by atoms with Gasteiger partial charge in [-0.2, -0.15) is 0 Å². The van der Waals surface area contributed by atoms with Gasteiger partial charge in [0.1, 0.15) is 5.82 Å². The van der Waals surface area contributed by atoms with Gasteiger partial charge in [-0.05, 0) is 77.9 Å². The second kappa shape index (κ2) is 13.0. The molecule has 11 heteroatoms. The quantitative estimate of drug-likeness (QED) is 0.145. The van der Waals surface area contributed by atoms with Crippen molar-refractivity contribution in [3.8, 4) is 11.5 Å². The maximum absolute atomic E-state index is 14.1. The largest absolute Gasteiger partial charge is 0.490 e. The molecule has 5 rings (SSSR count). The zero-order valence-electron chi connectivity index (χ0n) is 23.4. The topological polar surface area (TPSA) is 96.2 Å². The van der Waals surface area contributed by atoms with Crippen LogP contribution >= 0.6 is 33.9 Å². The molecule has 0 aliphatic carbocycles. The summed E-state index contributed by atoms with van der Waals surface area (Å²) in [5.74, 6) is -0.878. The fraction of sp³-hybridized carbons (Fsp3) is 0.188. The van der Waals surface area contributed by atoms with Crippen LogP contribution in [0, 0.1) is 9.39 Å². The van der Waals surface area contributed by atoms with Crippen LogP contribution in [0.3, 0.4) is 0 Å². The fourth-order valence-corrected chi connectivity index (χ4v) is 6.47. The normalized spacial score (nSPS) is 14.6. The second-order valence-electron chi connectivity index (χ2n) is 9.34. The Morgan fingerprint density at radius 2 is 1.79 bits per heavy atom. The Balaban J connectivity index is 1.77. The summed E-state index contributed by atoms with van der Waals surface area (Å²) in [7, 11) is 0.